The number of benzene rings is 1. The fraction of sp³-hybridized carbons (Fsp3) is 0.455. The third-order valence-electron chi connectivity index (χ3n) is 2.44. The molecular weight excluding hydrogens is 214 g/mol. The van der Waals surface area contributed by atoms with Crippen LogP contribution >= 0.6 is 23.4 Å². The Labute approximate surface area is 94.2 Å². The van der Waals surface area contributed by atoms with Crippen LogP contribution < -0.4 is 5.32 Å². The van der Waals surface area contributed by atoms with Crippen LogP contribution in [0.5, 0.6) is 0 Å². The highest BCUT2D eigenvalue weighted by Gasteiger charge is 2.14. The van der Waals surface area contributed by atoms with E-state index in [-0.39, 0.29) is 0 Å². The second-order valence-corrected chi connectivity index (χ2v) is 5.21. The van der Waals surface area contributed by atoms with E-state index in [0.29, 0.717) is 0 Å². The van der Waals surface area contributed by atoms with Crippen molar-refractivity contribution in [3.05, 3.63) is 29.3 Å². The minimum Gasteiger partial charge on any atom is -0.385 e. The Hall–Kier alpha value is -0.340. The van der Waals surface area contributed by atoms with Crippen molar-refractivity contribution in [1.82, 2.24) is 0 Å². The zero-order chi connectivity index (χ0) is 9.80. The van der Waals surface area contributed by atoms with Gasteiger partial charge in [0.2, 0.25) is 0 Å². The molecule has 1 N–H and O–H groups in total. The van der Waals surface area contributed by atoms with Gasteiger partial charge in [-0.3, -0.25) is 0 Å². The molecule has 1 aliphatic rings. The number of halogens is 1. The van der Waals surface area contributed by atoms with Gasteiger partial charge in [0.25, 0.3) is 0 Å². The van der Waals surface area contributed by atoms with E-state index >= 15 is 0 Å². The van der Waals surface area contributed by atoms with Crippen LogP contribution in [0.4, 0.5) is 5.69 Å². The van der Waals surface area contributed by atoms with E-state index < -0.39 is 0 Å². The first kappa shape index (κ1) is 10.2. The van der Waals surface area contributed by atoms with Crippen molar-refractivity contribution in [3.63, 3.8) is 0 Å². The Balaban J connectivity index is 1.85. The lowest BCUT2D eigenvalue weighted by molar-refractivity contribution is 0.632. The van der Waals surface area contributed by atoms with Crippen molar-refractivity contribution in [3.8, 4) is 0 Å². The van der Waals surface area contributed by atoms with Crippen LogP contribution in [0.25, 0.3) is 0 Å². The molecule has 0 bridgehead atoms. The SMILES string of the molecule is Clc1cccc(NCC2CCSC2)c1. The summed E-state index contributed by atoms with van der Waals surface area (Å²) in [5, 5.41) is 4.23. The fourth-order valence-electron chi connectivity index (χ4n) is 1.60. The van der Waals surface area contributed by atoms with E-state index in [1.54, 1.807) is 0 Å². The first-order valence-electron chi connectivity index (χ1n) is 4.92. The van der Waals surface area contributed by atoms with Crippen LogP contribution in [0.2, 0.25) is 5.02 Å². The van der Waals surface area contributed by atoms with Crippen molar-refractivity contribution >= 4 is 29.1 Å². The van der Waals surface area contributed by atoms with Gasteiger partial charge in [0.05, 0.1) is 0 Å². The Morgan fingerprint density at radius 2 is 2.43 bits per heavy atom. The summed E-state index contributed by atoms with van der Waals surface area (Å²) >= 11 is 7.95. The van der Waals surface area contributed by atoms with E-state index in [1.165, 1.54) is 17.9 Å². The van der Waals surface area contributed by atoms with Gasteiger partial charge in [-0.15, -0.1) is 0 Å². The van der Waals surface area contributed by atoms with E-state index in [2.05, 4.69) is 23.1 Å². The predicted molar refractivity (Wildman–Crippen MR) is 65.4 cm³/mol. The third-order valence-corrected chi connectivity index (χ3v) is 3.91. The van der Waals surface area contributed by atoms with Crippen LogP contribution in [0, 0.1) is 5.92 Å². The van der Waals surface area contributed by atoms with Crippen LogP contribution in [0.1, 0.15) is 6.42 Å². The number of anilines is 1. The number of thioether (sulfide) groups is 1. The molecule has 1 aliphatic heterocycles. The van der Waals surface area contributed by atoms with Gasteiger partial charge >= 0.3 is 0 Å². The third kappa shape index (κ3) is 2.82. The van der Waals surface area contributed by atoms with Crippen molar-refractivity contribution in [1.29, 1.82) is 0 Å². The molecule has 1 atom stereocenters. The quantitative estimate of drug-likeness (QED) is 0.848. The average Bonchev–Trinajstić information content (AvgIpc) is 2.67. The largest absolute Gasteiger partial charge is 0.385 e. The maximum absolute atomic E-state index is 5.90. The molecule has 1 unspecified atom stereocenters. The summed E-state index contributed by atoms with van der Waals surface area (Å²) < 4.78 is 0. The Kier molecular flexibility index (Phi) is 3.60. The van der Waals surface area contributed by atoms with Gasteiger partial charge in [-0.2, -0.15) is 11.8 Å². The zero-order valence-electron chi connectivity index (χ0n) is 8.00. The van der Waals surface area contributed by atoms with Crippen LogP contribution in [0.15, 0.2) is 24.3 Å². The highest BCUT2D eigenvalue weighted by atomic mass is 35.5. The van der Waals surface area contributed by atoms with Gasteiger partial charge in [-0.05, 0) is 42.0 Å². The Morgan fingerprint density at radius 3 is 3.14 bits per heavy atom. The molecular formula is C11H14ClNS. The van der Waals surface area contributed by atoms with Gasteiger partial charge in [-0.25, -0.2) is 0 Å². The molecule has 1 fully saturated rings. The minimum atomic E-state index is 0.802. The van der Waals surface area contributed by atoms with Crippen molar-refractivity contribution < 1.29 is 0 Å². The lowest BCUT2D eigenvalue weighted by Gasteiger charge is -2.11. The molecule has 76 valence electrons. The number of nitrogens with one attached hydrogen (secondary N) is 1. The minimum absolute atomic E-state index is 0.802. The highest BCUT2D eigenvalue weighted by molar-refractivity contribution is 7.99. The standard InChI is InChI=1S/C11H14ClNS/c12-10-2-1-3-11(6-10)13-7-9-4-5-14-8-9/h1-3,6,9,13H,4-5,7-8H2. The Bertz CT molecular complexity index is 297. The van der Waals surface area contributed by atoms with Crippen LogP contribution in [-0.4, -0.2) is 18.1 Å². The van der Waals surface area contributed by atoms with E-state index in [9.17, 15) is 0 Å². The molecule has 1 heterocycles. The smallest absolute Gasteiger partial charge is 0.0426 e. The van der Waals surface area contributed by atoms with E-state index in [0.717, 1.165) is 23.2 Å². The summed E-state index contributed by atoms with van der Waals surface area (Å²) in [5.74, 6) is 3.45. The maximum Gasteiger partial charge on any atom is 0.0426 e. The predicted octanol–water partition coefficient (Wildman–Crippen LogP) is 3.51. The molecule has 1 nitrogen and oxygen atoms in total. The van der Waals surface area contributed by atoms with E-state index in [1.807, 2.05) is 18.2 Å². The maximum atomic E-state index is 5.90. The normalized spacial score (nSPS) is 21.1. The lowest BCUT2D eigenvalue weighted by atomic mass is 10.1. The first-order chi connectivity index (χ1) is 6.84. The zero-order valence-corrected chi connectivity index (χ0v) is 9.57. The van der Waals surface area contributed by atoms with Gasteiger partial charge in [0, 0.05) is 17.3 Å². The summed E-state index contributed by atoms with van der Waals surface area (Å²) in [6.07, 6.45) is 1.35. The van der Waals surface area contributed by atoms with Gasteiger partial charge < -0.3 is 5.32 Å². The molecule has 0 radical (unpaired) electrons. The molecule has 1 saturated heterocycles. The molecule has 1 aromatic carbocycles. The summed E-state index contributed by atoms with van der Waals surface area (Å²) in [6, 6.07) is 7.92. The lowest BCUT2D eigenvalue weighted by Crippen LogP contribution is -2.13. The van der Waals surface area contributed by atoms with Gasteiger partial charge in [0.15, 0.2) is 0 Å². The summed E-state index contributed by atoms with van der Waals surface area (Å²) in [7, 11) is 0. The molecule has 0 spiro atoms. The van der Waals surface area contributed by atoms with Crippen molar-refractivity contribution in [2.24, 2.45) is 5.92 Å². The summed E-state index contributed by atoms with van der Waals surface area (Å²) in [6.45, 7) is 1.08. The summed E-state index contributed by atoms with van der Waals surface area (Å²) in [4.78, 5) is 0. The first-order valence-corrected chi connectivity index (χ1v) is 6.45. The number of rotatable bonds is 3. The molecule has 14 heavy (non-hydrogen) atoms. The molecule has 0 amide bonds. The second kappa shape index (κ2) is 4.94. The monoisotopic (exact) mass is 227 g/mol. The highest BCUT2D eigenvalue weighted by Crippen LogP contribution is 2.24. The second-order valence-electron chi connectivity index (χ2n) is 3.62. The molecule has 0 saturated carbocycles. The van der Waals surface area contributed by atoms with Gasteiger partial charge in [-0.1, -0.05) is 17.7 Å². The van der Waals surface area contributed by atoms with Crippen molar-refractivity contribution in [2.75, 3.05) is 23.4 Å². The molecule has 0 aliphatic carbocycles. The average molecular weight is 228 g/mol. The molecule has 2 rings (SSSR count). The molecule has 1 aromatic rings. The van der Waals surface area contributed by atoms with Gasteiger partial charge in [0.1, 0.15) is 0 Å². The summed E-state index contributed by atoms with van der Waals surface area (Å²) in [5.41, 5.74) is 1.13. The number of hydrogen-bond acceptors (Lipinski definition) is 2. The van der Waals surface area contributed by atoms with Crippen molar-refractivity contribution in [2.45, 2.75) is 6.42 Å². The van der Waals surface area contributed by atoms with E-state index in [4.69, 9.17) is 11.6 Å². The topological polar surface area (TPSA) is 12.0 Å². The van der Waals surface area contributed by atoms with Crippen LogP contribution in [0.3, 0.4) is 0 Å². The fourth-order valence-corrected chi connectivity index (χ4v) is 3.08. The molecule has 3 heteroatoms. The number of hydrogen-bond donors (Lipinski definition) is 1. The molecule has 0 aromatic heterocycles. The Morgan fingerprint density at radius 1 is 1.50 bits per heavy atom. The van der Waals surface area contributed by atoms with Crippen LogP contribution in [-0.2, 0) is 0 Å².